The zero-order valence-corrected chi connectivity index (χ0v) is 16.4. The minimum absolute atomic E-state index is 0.0409. The Balaban J connectivity index is 1.70. The van der Waals surface area contributed by atoms with Crippen LogP contribution >= 0.6 is 11.3 Å². The van der Waals surface area contributed by atoms with Crippen LogP contribution in [0.3, 0.4) is 0 Å². The Kier molecular flexibility index (Phi) is 5.27. The minimum atomic E-state index is -0.255. The molecule has 0 spiro atoms. The number of anilines is 1. The average Bonchev–Trinajstić information content (AvgIpc) is 2.96. The number of hydrogen-bond donors (Lipinski definition) is 2. The van der Waals surface area contributed by atoms with Crippen molar-refractivity contribution < 1.29 is 9.59 Å². The summed E-state index contributed by atoms with van der Waals surface area (Å²) in [6, 6.07) is 5.63. The smallest absolute Gasteiger partial charge is 0.321 e. The number of rotatable bonds is 3. The van der Waals surface area contributed by atoms with Gasteiger partial charge in [-0.2, -0.15) is 0 Å². The van der Waals surface area contributed by atoms with Crippen molar-refractivity contribution in [2.24, 2.45) is 0 Å². The molecule has 0 saturated heterocycles. The number of urea groups is 1. The molecule has 2 aromatic rings. The van der Waals surface area contributed by atoms with Gasteiger partial charge in [-0.3, -0.25) is 10.1 Å². The van der Waals surface area contributed by atoms with Crippen molar-refractivity contribution in [1.82, 2.24) is 15.2 Å². The Hall–Kier alpha value is -2.41. The number of aryl methyl sites for hydroxylation is 2. The summed E-state index contributed by atoms with van der Waals surface area (Å²) in [7, 11) is 0. The summed E-state index contributed by atoms with van der Waals surface area (Å²) >= 11 is 1.44. The van der Waals surface area contributed by atoms with Crippen LogP contribution in [-0.4, -0.2) is 34.4 Å². The summed E-state index contributed by atoms with van der Waals surface area (Å²) in [6.45, 7) is 9.04. The molecule has 1 aromatic heterocycles. The highest BCUT2D eigenvalue weighted by Gasteiger charge is 2.25. The Morgan fingerprint density at radius 2 is 2.00 bits per heavy atom. The molecule has 2 N–H and O–H groups in total. The van der Waals surface area contributed by atoms with E-state index in [-0.39, 0.29) is 18.0 Å². The molecular formula is C19H24N4O2S. The molecule has 0 bridgehead atoms. The second-order valence-electron chi connectivity index (χ2n) is 6.92. The molecule has 0 atom stereocenters. The van der Waals surface area contributed by atoms with Crippen molar-refractivity contribution in [3.8, 4) is 0 Å². The summed E-state index contributed by atoms with van der Waals surface area (Å²) in [5.74, 6) is 0.0409. The predicted octanol–water partition coefficient (Wildman–Crippen LogP) is 3.49. The van der Waals surface area contributed by atoms with E-state index in [1.54, 1.807) is 0 Å². The van der Waals surface area contributed by atoms with Gasteiger partial charge in [0.05, 0.1) is 12.2 Å². The molecular weight excluding hydrogens is 348 g/mol. The van der Waals surface area contributed by atoms with E-state index in [2.05, 4.69) is 15.6 Å². The van der Waals surface area contributed by atoms with Gasteiger partial charge in [-0.05, 0) is 51.0 Å². The van der Waals surface area contributed by atoms with Gasteiger partial charge >= 0.3 is 6.03 Å². The third-order valence-electron chi connectivity index (χ3n) is 4.41. The van der Waals surface area contributed by atoms with Crippen LogP contribution in [0.25, 0.3) is 0 Å². The summed E-state index contributed by atoms with van der Waals surface area (Å²) < 4.78 is 0. The fourth-order valence-corrected chi connectivity index (χ4v) is 3.89. The maximum Gasteiger partial charge on any atom is 0.321 e. The van der Waals surface area contributed by atoms with Gasteiger partial charge in [0.1, 0.15) is 0 Å². The summed E-state index contributed by atoms with van der Waals surface area (Å²) in [4.78, 5) is 32.0. The van der Waals surface area contributed by atoms with Crippen LogP contribution in [0.2, 0.25) is 0 Å². The second-order valence-corrected chi connectivity index (χ2v) is 8.00. The summed E-state index contributed by atoms with van der Waals surface area (Å²) in [5.41, 5.74) is 3.99. The number of carbonyl (C=O) groups is 2. The lowest BCUT2D eigenvalue weighted by Crippen LogP contribution is -2.35. The van der Waals surface area contributed by atoms with E-state index < -0.39 is 0 Å². The van der Waals surface area contributed by atoms with Crippen molar-refractivity contribution in [3.63, 3.8) is 0 Å². The number of amides is 3. The monoisotopic (exact) mass is 372 g/mol. The molecule has 1 aromatic carbocycles. The first-order valence-electron chi connectivity index (χ1n) is 8.76. The van der Waals surface area contributed by atoms with Gasteiger partial charge in [0.25, 0.3) is 5.91 Å². The number of hydrogen-bond acceptors (Lipinski definition) is 4. The Morgan fingerprint density at radius 3 is 2.69 bits per heavy atom. The maximum absolute atomic E-state index is 12.8. The third kappa shape index (κ3) is 4.04. The number of fused-ring (bicyclic) bond motifs is 1. The Bertz CT molecular complexity index is 844. The molecule has 138 valence electrons. The standard InChI is InChI=1S/C19H24N4O2S/c1-11(2)20-18(25)22-19-21-15-7-8-23(10-16(15)26-19)17(24)14-6-5-12(3)13(4)9-14/h5-6,9,11H,7-8,10H2,1-4H3,(H2,20,21,22,25). The molecule has 1 aliphatic rings. The van der Waals surface area contributed by atoms with Crippen molar-refractivity contribution in [3.05, 3.63) is 45.5 Å². The first-order chi connectivity index (χ1) is 12.3. The molecule has 0 aliphatic carbocycles. The third-order valence-corrected chi connectivity index (χ3v) is 5.41. The highest BCUT2D eigenvalue weighted by Crippen LogP contribution is 2.29. The normalized spacial score (nSPS) is 13.5. The number of nitrogens with zero attached hydrogens (tertiary/aromatic N) is 2. The van der Waals surface area contributed by atoms with E-state index >= 15 is 0 Å². The first kappa shape index (κ1) is 18.4. The van der Waals surface area contributed by atoms with Crippen LogP contribution < -0.4 is 10.6 Å². The van der Waals surface area contributed by atoms with Crippen LogP contribution in [0.15, 0.2) is 18.2 Å². The fraction of sp³-hybridized carbons (Fsp3) is 0.421. The number of carbonyl (C=O) groups excluding carboxylic acids is 2. The fourth-order valence-electron chi connectivity index (χ4n) is 2.87. The van der Waals surface area contributed by atoms with Gasteiger partial charge in [0.15, 0.2) is 5.13 Å². The lowest BCUT2D eigenvalue weighted by molar-refractivity contribution is 0.0736. The molecule has 0 unspecified atom stereocenters. The molecule has 0 fully saturated rings. The van der Waals surface area contributed by atoms with Crippen LogP contribution in [0.1, 0.15) is 45.9 Å². The summed E-state index contributed by atoms with van der Waals surface area (Å²) in [6.07, 6.45) is 0.704. The van der Waals surface area contributed by atoms with Crippen LogP contribution in [0.5, 0.6) is 0 Å². The maximum atomic E-state index is 12.8. The molecule has 2 heterocycles. The highest BCUT2D eigenvalue weighted by molar-refractivity contribution is 7.15. The SMILES string of the molecule is Cc1ccc(C(=O)N2CCc3nc(NC(=O)NC(C)C)sc3C2)cc1C. The molecule has 0 saturated carbocycles. The van der Waals surface area contributed by atoms with Gasteiger partial charge in [-0.15, -0.1) is 0 Å². The van der Waals surface area contributed by atoms with Crippen LogP contribution in [0.4, 0.5) is 9.93 Å². The number of thiazole rings is 1. The largest absolute Gasteiger partial charge is 0.336 e. The van der Waals surface area contributed by atoms with E-state index in [0.29, 0.717) is 24.6 Å². The number of benzene rings is 1. The zero-order valence-electron chi connectivity index (χ0n) is 15.5. The lowest BCUT2D eigenvalue weighted by Gasteiger charge is -2.26. The van der Waals surface area contributed by atoms with E-state index in [9.17, 15) is 9.59 Å². The second kappa shape index (κ2) is 7.45. The molecule has 0 radical (unpaired) electrons. The molecule has 3 rings (SSSR count). The van der Waals surface area contributed by atoms with Crippen molar-refractivity contribution >= 4 is 28.4 Å². The summed E-state index contributed by atoms with van der Waals surface area (Å²) in [5, 5.41) is 6.13. The van der Waals surface area contributed by atoms with E-state index in [1.807, 2.05) is 50.8 Å². The van der Waals surface area contributed by atoms with Crippen LogP contribution in [-0.2, 0) is 13.0 Å². The lowest BCUT2D eigenvalue weighted by atomic mass is 10.0. The van der Waals surface area contributed by atoms with Crippen molar-refractivity contribution in [2.75, 3.05) is 11.9 Å². The van der Waals surface area contributed by atoms with Gasteiger partial charge in [0.2, 0.25) is 0 Å². The highest BCUT2D eigenvalue weighted by atomic mass is 32.1. The Labute approximate surface area is 157 Å². The van der Waals surface area contributed by atoms with E-state index in [0.717, 1.165) is 21.7 Å². The molecule has 7 heteroatoms. The topological polar surface area (TPSA) is 74.3 Å². The van der Waals surface area contributed by atoms with E-state index in [4.69, 9.17) is 0 Å². The minimum Gasteiger partial charge on any atom is -0.336 e. The predicted molar refractivity (Wildman–Crippen MR) is 104 cm³/mol. The van der Waals surface area contributed by atoms with Gasteiger partial charge in [-0.25, -0.2) is 9.78 Å². The number of aromatic nitrogens is 1. The van der Waals surface area contributed by atoms with Crippen LogP contribution in [0, 0.1) is 13.8 Å². The molecule has 6 nitrogen and oxygen atoms in total. The molecule has 26 heavy (non-hydrogen) atoms. The Morgan fingerprint density at radius 1 is 1.23 bits per heavy atom. The molecule has 3 amide bonds. The quantitative estimate of drug-likeness (QED) is 0.866. The average molecular weight is 372 g/mol. The van der Waals surface area contributed by atoms with Crippen molar-refractivity contribution in [1.29, 1.82) is 0 Å². The zero-order chi connectivity index (χ0) is 18.8. The van der Waals surface area contributed by atoms with E-state index in [1.165, 1.54) is 16.9 Å². The van der Waals surface area contributed by atoms with Gasteiger partial charge in [-0.1, -0.05) is 17.4 Å². The van der Waals surface area contributed by atoms with Crippen molar-refractivity contribution in [2.45, 2.75) is 46.7 Å². The van der Waals surface area contributed by atoms with Gasteiger partial charge in [0, 0.05) is 29.4 Å². The molecule has 1 aliphatic heterocycles. The number of nitrogens with one attached hydrogen (secondary N) is 2. The first-order valence-corrected chi connectivity index (χ1v) is 9.57. The van der Waals surface area contributed by atoms with Gasteiger partial charge < -0.3 is 10.2 Å².